The SMILES string of the molecule is CC(Br)c1cc2ccccc2nc1Cl.CC(O)c1cc2ccccc2nc1Cl.CC(c1cc2ccccc2nc1Cl)n1nc(I)c2c(N)ncnc21.CC(c1cc2ccccc2nc1N1CCCC1)n1nc(-c2cc(O)cc(F)c2)c2c(N)ncnc21.CC(c1cc2ccccc2nc1N1CCCC1)n1nc(I)c2c(N)ncnc21.O=Cc1cc2ccccc2nc1Cl. The van der Waals surface area contributed by atoms with E-state index in [0.29, 0.717) is 72.4 Å². The molecule has 0 aliphatic carbocycles. The number of halogens is 8. The first-order valence-electron chi connectivity index (χ1n) is 40.9. The Morgan fingerprint density at radius 1 is 0.414 bits per heavy atom. The molecule has 26 nitrogen and oxygen atoms in total. The van der Waals surface area contributed by atoms with E-state index < -0.39 is 11.9 Å². The fourth-order valence-electron chi connectivity index (χ4n) is 15.6. The van der Waals surface area contributed by atoms with Crippen molar-refractivity contribution in [3.8, 4) is 17.0 Å². The Morgan fingerprint density at radius 2 is 0.742 bits per heavy atom. The Bertz CT molecular complexity index is 7280. The number of fused-ring (bicyclic) bond motifs is 9. The average Bonchev–Trinajstić information content (AvgIpc) is 1.60. The van der Waals surface area contributed by atoms with Crippen molar-refractivity contribution in [2.75, 3.05) is 53.2 Å². The number of benzene rings is 7. The van der Waals surface area contributed by atoms with Gasteiger partial charge in [0.15, 0.2) is 23.2 Å². The van der Waals surface area contributed by atoms with Crippen molar-refractivity contribution in [2.45, 2.75) is 89.4 Å². The van der Waals surface area contributed by atoms with Crippen LogP contribution >= 0.6 is 108 Å². The molecule has 0 bridgehead atoms. The number of nitrogens with zero attached hydrogens (tertiary/aromatic N) is 20. The van der Waals surface area contributed by atoms with E-state index in [0.717, 1.165) is 168 Å². The summed E-state index contributed by atoms with van der Waals surface area (Å²) in [7, 11) is 0. The number of aliphatic hydroxyl groups is 1. The number of nitrogen functional groups attached to an aromatic ring is 3. The number of aldehydes is 1. The monoisotopic (exact) mass is 2070 g/mol. The average molecular weight is 2080 g/mol. The molecule has 8 N–H and O–H groups in total. The number of pyridine rings is 6. The van der Waals surface area contributed by atoms with Crippen molar-refractivity contribution in [2.24, 2.45) is 0 Å². The Labute approximate surface area is 789 Å². The largest absolute Gasteiger partial charge is 0.508 e. The molecule has 14 heterocycles. The van der Waals surface area contributed by atoms with E-state index in [4.69, 9.17) is 83.8 Å². The number of anilines is 5. The molecular weight excluding hydrogens is 1990 g/mol. The highest BCUT2D eigenvalue weighted by molar-refractivity contribution is 14.1. The summed E-state index contributed by atoms with van der Waals surface area (Å²) in [6.45, 7) is 13.9. The summed E-state index contributed by atoms with van der Waals surface area (Å²) >= 11 is 32.0. The molecule has 0 saturated carbocycles. The zero-order valence-electron chi connectivity index (χ0n) is 69.4. The van der Waals surface area contributed by atoms with Crippen LogP contribution in [-0.2, 0) is 0 Å². The third-order valence-electron chi connectivity index (χ3n) is 22.2. The number of aromatic hydroxyl groups is 1. The van der Waals surface area contributed by atoms with Crippen molar-refractivity contribution < 1.29 is 19.4 Å². The number of phenols is 1. The van der Waals surface area contributed by atoms with E-state index in [1.54, 1.807) is 17.7 Å². The van der Waals surface area contributed by atoms with Crippen LogP contribution in [0.5, 0.6) is 5.75 Å². The number of para-hydroxylation sites is 6. The van der Waals surface area contributed by atoms with Crippen molar-refractivity contribution in [1.29, 1.82) is 0 Å². The maximum Gasteiger partial charge on any atom is 0.165 e. The fourth-order valence-corrected chi connectivity index (χ4v) is 18.7. The minimum atomic E-state index is -0.584. The molecule has 12 aromatic heterocycles. The van der Waals surface area contributed by atoms with Crippen LogP contribution < -0.4 is 27.0 Å². The van der Waals surface area contributed by atoms with Crippen LogP contribution in [0.2, 0.25) is 20.6 Å². The summed E-state index contributed by atoms with van der Waals surface area (Å²) < 4.78 is 21.3. The summed E-state index contributed by atoms with van der Waals surface area (Å²) in [4.78, 5) is 68.3. The minimum absolute atomic E-state index is 0.0342. The van der Waals surface area contributed by atoms with Gasteiger partial charge in [-0.1, -0.05) is 172 Å². The number of carbonyl (C=O) groups excluding carboxylic acids is 1. The molecule has 0 radical (unpaired) electrons. The second-order valence-electron chi connectivity index (χ2n) is 30.6. The lowest BCUT2D eigenvalue weighted by Crippen LogP contribution is -2.23. The highest BCUT2D eigenvalue weighted by atomic mass is 127. The van der Waals surface area contributed by atoms with Crippen LogP contribution in [0.1, 0.15) is 128 Å². The van der Waals surface area contributed by atoms with Crippen LogP contribution in [0, 0.1) is 13.2 Å². The standard InChI is InChI=1S/C26H24FN7O.C20H20IN7.C16H12ClIN6.C11H9BrClN.C11H10ClNO.C10H6ClNO/c1-15(20-12-16-6-2-3-7-21(16)31-25(20)33-8-4-5-9-33)34-26-22(24(28)29-14-30-26)23(32-34)17-10-18(27)13-19(35)11-17;1-12(28-20-16(17(21)26-28)18(22)23-11-24-20)14-10-13-6-2-3-7-15(13)25-19(14)27-8-4-5-9-27;1-8(10-6-9-4-2-3-5-11(9)22-13(10)17)24-16-12(14(18)23-24)15(19)20-7-21-16;1-7(12)9-6-8-4-2-3-5-10(8)14-11(9)13;1-7(14)9-6-8-4-2-3-5-10(8)13-11(9)12;11-10-8(6-13)5-7-3-1-2-4-9(7)12-10/h2-3,6-7,10-15,35H,4-5,8-9H2,1H3,(H2,28,29,30);2-3,6-7,10-12H,4-5,8-9H2,1H3,(H2,22,23,24);2-8H,1H3,(H2,19,20,21);2-7H,1H3;2-7,14H,1H3;1-6H. The predicted octanol–water partition coefficient (Wildman–Crippen LogP) is 22.3. The topological polar surface area (TPSA) is 350 Å². The van der Waals surface area contributed by atoms with Crippen molar-refractivity contribution in [3.05, 3.63) is 286 Å². The molecule has 2 saturated heterocycles. The molecule has 5 atom stereocenters. The van der Waals surface area contributed by atoms with E-state index in [9.17, 15) is 19.4 Å². The maximum atomic E-state index is 14.1. The first kappa shape index (κ1) is 89.5. The highest BCUT2D eigenvalue weighted by Gasteiger charge is 2.30. The number of phenolic OH excluding ortho intramolecular Hbond substituents is 1. The molecule has 0 spiro atoms. The molecule has 19 aromatic rings. The smallest absolute Gasteiger partial charge is 0.165 e. The van der Waals surface area contributed by atoms with Crippen molar-refractivity contribution in [3.63, 3.8) is 0 Å². The zero-order chi connectivity index (χ0) is 89.7. The lowest BCUT2D eigenvalue weighted by atomic mass is 10.1. The Kier molecular flexibility index (Phi) is 27.5. The number of aromatic nitrogens is 18. The molecule has 2 aliphatic heterocycles. The lowest BCUT2D eigenvalue weighted by Gasteiger charge is -2.24. The Hall–Kier alpha value is -11.9. The molecule has 0 amide bonds. The van der Waals surface area contributed by atoms with Crippen LogP contribution in [-0.4, -0.2) is 132 Å². The zero-order valence-corrected chi connectivity index (χ0v) is 78.3. The molecule has 21 rings (SSSR count). The summed E-state index contributed by atoms with van der Waals surface area (Å²) in [6.07, 6.45) is 9.13. The minimum Gasteiger partial charge on any atom is -0.508 e. The van der Waals surface area contributed by atoms with Crippen LogP contribution in [0.25, 0.3) is 110 Å². The molecule has 34 heteroatoms. The summed E-state index contributed by atoms with van der Waals surface area (Å²) in [5.74, 6) is 2.34. The van der Waals surface area contributed by atoms with Gasteiger partial charge in [-0.3, -0.25) is 4.79 Å². The van der Waals surface area contributed by atoms with Gasteiger partial charge >= 0.3 is 0 Å². The number of hydrogen-bond donors (Lipinski definition) is 5. The maximum absolute atomic E-state index is 14.1. The van der Waals surface area contributed by atoms with Crippen LogP contribution in [0.15, 0.2) is 219 Å². The molecule has 5 unspecified atom stereocenters. The fraction of sp³-hybridized carbons (Fsp3) is 0.191. The lowest BCUT2D eigenvalue weighted by molar-refractivity contribution is 0.112. The molecule has 128 heavy (non-hydrogen) atoms. The number of aliphatic hydroxyl groups excluding tert-OH is 1. The van der Waals surface area contributed by atoms with Gasteiger partial charge in [0, 0.05) is 103 Å². The van der Waals surface area contributed by atoms with Gasteiger partial charge in [-0.2, -0.15) is 15.3 Å². The second-order valence-corrected chi connectivity index (χ2v) is 35.4. The van der Waals surface area contributed by atoms with Crippen LogP contribution in [0.4, 0.5) is 33.5 Å². The number of rotatable bonds is 12. The third kappa shape index (κ3) is 19.1. The van der Waals surface area contributed by atoms with Gasteiger partial charge in [-0.25, -0.2) is 78.2 Å². The van der Waals surface area contributed by atoms with Gasteiger partial charge in [0.25, 0.3) is 0 Å². The molecule has 2 fully saturated rings. The summed E-state index contributed by atoms with van der Waals surface area (Å²) in [6, 6.07) is 62.9. The van der Waals surface area contributed by atoms with E-state index in [1.165, 1.54) is 44.0 Å². The van der Waals surface area contributed by atoms with Crippen molar-refractivity contribution >= 4 is 241 Å². The Balaban J connectivity index is 0.000000117. The molecule has 646 valence electrons. The van der Waals surface area contributed by atoms with Crippen LogP contribution in [0.3, 0.4) is 0 Å². The molecule has 2 aliphatic rings. The molecule has 7 aromatic carbocycles. The van der Waals surface area contributed by atoms with Gasteiger partial charge < -0.3 is 37.2 Å². The number of hydrogen-bond acceptors (Lipinski definition) is 23. The number of alkyl halides is 1. The normalized spacial score (nSPS) is 13.7. The first-order chi connectivity index (χ1) is 61.9. The van der Waals surface area contributed by atoms with Gasteiger partial charge in [-0.05, 0) is 190 Å². The van der Waals surface area contributed by atoms with Gasteiger partial charge in [0.05, 0.1) is 79.1 Å². The summed E-state index contributed by atoms with van der Waals surface area (Å²) in [5.41, 5.74) is 31.7. The summed E-state index contributed by atoms with van der Waals surface area (Å²) in [5, 5.41) is 43.6. The predicted molar refractivity (Wildman–Crippen MR) is 530 cm³/mol. The van der Waals surface area contributed by atoms with E-state index in [2.05, 4.69) is 169 Å². The van der Waals surface area contributed by atoms with Gasteiger partial charge in [-0.15, -0.1) is 0 Å². The van der Waals surface area contributed by atoms with Gasteiger partial charge in [0.2, 0.25) is 0 Å². The number of nitrogens with two attached hydrogens (primary N) is 3. The van der Waals surface area contributed by atoms with Crippen molar-refractivity contribution in [1.82, 2.24) is 89.1 Å². The highest BCUT2D eigenvalue weighted by Crippen LogP contribution is 2.41. The first-order valence-corrected chi connectivity index (χ1v) is 45.5. The van der Waals surface area contributed by atoms with E-state index in [1.807, 2.05) is 170 Å². The van der Waals surface area contributed by atoms with E-state index in [-0.39, 0.29) is 39.7 Å². The third-order valence-corrected chi connectivity index (χ3v) is 25.4. The molecular formula is C94H81BrCl4FI2N23O3. The number of carbonyl (C=O) groups is 1. The quantitative estimate of drug-likeness (QED) is 0.0328. The Morgan fingerprint density at radius 3 is 1.14 bits per heavy atom. The van der Waals surface area contributed by atoms with Gasteiger partial charge in [0.1, 0.15) is 93.3 Å². The van der Waals surface area contributed by atoms with E-state index >= 15 is 0 Å². The second kappa shape index (κ2) is 39.4.